The molecule has 1 fully saturated rings. The molecule has 3 heteroatoms. The number of hydrogen-bond acceptors (Lipinski definition) is 3. The molecule has 21 heavy (non-hydrogen) atoms. The van der Waals surface area contributed by atoms with Gasteiger partial charge >= 0.3 is 0 Å². The number of nitrogens with zero attached hydrogens (tertiary/aromatic N) is 1. The SMILES string of the molecule is COc1ccc2ccccc2c1CN(C)C[C@@H]1CCOC1. The minimum Gasteiger partial charge on any atom is -0.496 e. The van der Waals surface area contributed by atoms with E-state index in [2.05, 4.69) is 48.3 Å². The maximum Gasteiger partial charge on any atom is 0.123 e. The van der Waals surface area contributed by atoms with Crippen molar-refractivity contribution in [1.29, 1.82) is 0 Å². The molecule has 2 aromatic carbocycles. The molecule has 0 radical (unpaired) electrons. The van der Waals surface area contributed by atoms with Gasteiger partial charge in [0.25, 0.3) is 0 Å². The topological polar surface area (TPSA) is 21.7 Å². The van der Waals surface area contributed by atoms with Crippen molar-refractivity contribution < 1.29 is 9.47 Å². The van der Waals surface area contributed by atoms with Crippen LogP contribution < -0.4 is 4.74 Å². The van der Waals surface area contributed by atoms with Crippen LogP contribution in [0.3, 0.4) is 0 Å². The van der Waals surface area contributed by atoms with E-state index in [9.17, 15) is 0 Å². The summed E-state index contributed by atoms with van der Waals surface area (Å²) in [6.45, 7) is 3.79. The van der Waals surface area contributed by atoms with E-state index in [1.54, 1.807) is 7.11 Å². The summed E-state index contributed by atoms with van der Waals surface area (Å²) in [5.41, 5.74) is 1.28. The molecule has 1 heterocycles. The van der Waals surface area contributed by atoms with Gasteiger partial charge in [0.2, 0.25) is 0 Å². The van der Waals surface area contributed by atoms with Crippen LogP contribution in [0.2, 0.25) is 0 Å². The smallest absolute Gasteiger partial charge is 0.123 e. The number of rotatable bonds is 5. The standard InChI is InChI=1S/C18H23NO2/c1-19(11-14-9-10-21-13-14)12-17-16-6-4-3-5-15(16)7-8-18(17)20-2/h3-8,14H,9-13H2,1-2H3/t14-/m0/s1. The zero-order valence-electron chi connectivity index (χ0n) is 12.8. The van der Waals surface area contributed by atoms with Gasteiger partial charge in [0, 0.05) is 25.3 Å². The van der Waals surface area contributed by atoms with Crippen molar-refractivity contribution in [1.82, 2.24) is 4.90 Å². The van der Waals surface area contributed by atoms with E-state index in [0.717, 1.165) is 32.1 Å². The van der Waals surface area contributed by atoms with Crippen LogP contribution >= 0.6 is 0 Å². The summed E-state index contributed by atoms with van der Waals surface area (Å²) in [5, 5.41) is 2.55. The fourth-order valence-electron chi connectivity index (χ4n) is 3.17. The van der Waals surface area contributed by atoms with Gasteiger partial charge in [0.05, 0.1) is 13.7 Å². The van der Waals surface area contributed by atoms with E-state index < -0.39 is 0 Å². The average Bonchev–Trinajstić information content (AvgIpc) is 3.00. The first kappa shape index (κ1) is 14.4. The second kappa shape index (κ2) is 6.46. The summed E-state index contributed by atoms with van der Waals surface area (Å²) in [6, 6.07) is 12.7. The van der Waals surface area contributed by atoms with Gasteiger partial charge < -0.3 is 14.4 Å². The van der Waals surface area contributed by atoms with Crippen molar-refractivity contribution in [2.24, 2.45) is 5.92 Å². The van der Waals surface area contributed by atoms with Crippen molar-refractivity contribution in [2.75, 3.05) is 33.9 Å². The predicted octanol–water partition coefficient (Wildman–Crippen LogP) is 3.32. The second-order valence-corrected chi connectivity index (χ2v) is 5.89. The average molecular weight is 285 g/mol. The van der Waals surface area contributed by atoms with Gasteiger partial charge in [-0.25, -0.2) is 0 Å². The van der Waals surface area contributed by atoms with E-state index in [1.807, 2.05) is 0 Å². The van der Waals surface area contributed by atoms with Gasteiger partial charge in [0.1, 0.15) is 5.75 Å². The van der Waals surface area contributed by atoms with Crippen LogP contribution in [-0.4, -0.2) is 38.8 Å². The van der Waals surface area contributed by atoms with Crippen LogP contribution in [-0.2, 0) is 11.3 Å². The van der Waals surface area contributed by atoms with Crippen LogP contribution in [0, 0.1) is 5.92 Å². The molecule has 0 saturated carbocycles. The number of hydrogen-bond donors (Lipinski definition) is 0. The molecule has 2 aromatic rings. The molecule has 0 spiro atoms. The maximum atomic E-state index is 5.57. The van der Waals surface area contributed by atoms with Crippen molar-refractivity contribution in [2.45, 2.75) is 13.0 Å². The number of methoxy groups -OCH3 is 1. The molecule has 0 unspecified atom stereocenters. The molecule has 3 nitrogen and oxygen atoms in total. The third kappa shape index (κ3) is 3.20. The molecule has 1 saturated heterocycles. The van der Waals surface area contributed by atoms with Crippen LogP contribution in [0.5, 0.6) is 5.75 Å². The molecule has 1 atom stereocenters. The van der Waals surface area contributed by atoms with E-state index in [4.69, 9.17) is 9.47 Å². The van der Waals surface area contributed by atoms with Gasteiger partial charge in [-0.3, -0.25) is 0 Å². The van der Waals surface area contributed by atoms with Crippen molar-refractivity contribution in [3.05, 3.63) is 42.0 Å². The Balaban J connectivity index is 1.84. The molecule has 0 bridgehead atoms. The summed E-state index contributed by atoms with van der Waals surface area (Å²) in [6.07, 6.45) is 1.18. The van der Waals surface area contributed by atoms with E-state index in [-0.39, 0.29) is 0 Å². The zero-order chi connectivity index (χ0) is 14.7. The predicted molar refractivity (Wildman–Crippen MR) is 85.8 cm³/mol. The van der Waals surface area contributed by atoms with Crippen LogP contribution in [0.15, 0.2) is 36.4 Å². The minimum absolute atomic E-state index is 0.663. The molecular formula is C18H23NO2. The lowest BCUT2D eigenvalue weighted by atomic mass is 10.0. The molecule has 0 amide bonds. The lowest BCUT2D eigenvalue weighted by Crippen LogP contribution is -2.25. The van der Waals surface area contributed by atoms with Crippen molar-refractivity contribution >= 4 is 10.8 Å². The summed E-state index contributed by atoms with van der Waals surface area (Å²) in [5.74, 6) is 1.64. The first-order valence-corrected chi connectivity index (χ1v) is 7.59. The van der Waals surface area contributed by atoms with Gasteiger partial charge in [-0.05, 0) is 36.2 Å². The fourth-order valence-corrected chi connectivity index (χ4v) is 3.17. The summed E-state index contributed by atoms with van der Waals surface area (Å²) in [7, 11) is 3.93. The van der Waals surface area contributed by atoms with Gasteiger partial charge in [0.15, 0.2) is 0 Å². The third-order valence-corrected chi connectivity index (χ3v) is 4.24. The summed E-state index contributed by atoms with van der Waals surface area (Å²) in [4.78, 5) is 2.38. The lowest BCUT2D eigenvalue weighted by Gasteiger charge is -2.22. The first-order valence-electron chi connectivity index (χ1n) is 7.59. The monoisotopic (exact) mass is 285 g/mol. The largest absolute Gasteiger partial charge is 0.496 e. The number of benzene rings is 2. The van der Waals surface area contributed by atoms with E-state index in [0.29, 0.717) is 5.92 Å². The molecule has 0 N–H and O–H groups in total. The Kier molecular flexibility index (Phi) is 4.42. The molecule has 1 aliphatic heterocycles. The zero-order valence-corrected chi connectivity index (χ0v) is 12.8. The van der Waals surface area contributed by atoms with Crippen LogP contribution in [0.25, 0.3) is 10.8 Å². The van der Waals surface area contributed by atoms with Crippen molar-refractivity contribution in [3.8, 4) is 5.75 Å². The van der Waals surface area contributed by atoms with Crippen LogP contribution in [0.4, 0.5) is 0 Å². The van der Waals surface area contributed by atoms with E-state index in [1.165, 1.54) is 22.8 Å². The summed E-state index contributed by atoms with van der Waals surface area (Å²) >= 11 is 0. The fraction of sp³-hybridized carbons (Fsp3) is 0.444. The molecular weight excluding hydrogens is 262 g/mol. The summed E-state index contributed by atoms with van der Waals surface area (Å²) < 4.78 is 11.0. The van der Waals surface area contributed by atoms with Gasteiger partial charge in [-0.15, -0.1) is 0 Å². The lowest BCUT2D eigenvalue weighted by molar-refractivity contribution is 0.172. The van der Waals surface area contributed by atoms with Crippen molar-refractivity contribution in [3.63, 3.8) is 0 Å². The Morgan fingerprint density at radius 3 is 2.86 bits per heavy atom. The van der Waals surface area contributed by atoms with Gasteiger partial charge in [-0.2, -0.15) is 0 Å². The Morgan fingerprint density at radius 1 is 1.24 bits per heavy atom. The molecule has 3 rings (SSSR count). The number of fused-ring (bicyclic) bond motifs is 1. The Labute approximate surface area is 126 Å². The van der Waals surface area contributed by atoms with E-state index >= 15 is 0 Å². The highest BCUT2D eigenvalue weighted by atomic mass is 16.5. The first-order chi connectivity index (χ1) is 10.3. The third-order valence-electron chi connectivity index (χ3n) is 4.24. The number of ether oxygens (including phenoxy) is 2. The normalized spacial score (nSPS) is 18.5. The Hall–Kier alpha value is -1.58. The van der Waals surface area contributed by atoms with Crippen LogP contribution in [0.1, 0.15) is 12.0 Å². The van der Waals surface area contributed by atoms with Gasteiger partial charge in [-0.1, -0.05) is 30.3 Å². The minimum atomic E-state index is 0.663. The molecule has 0 aromatic heterocycles. The maximum absolute atomic E-state index is 5.57. The highest BCUT2D eigenvalue weighted by Crippen LogP contribution is 2.29. The highest BCUT2D eigenvalue weighted by molar-refractivity contribution is 5.87. The Morgan fingerprint density at radius 2 is 2.10 bits per heavy atom. The molecule has 112 valence electrons. The highest BCUT2D eigenvalue weighted by Gasteiger charge is 2.18. The molecule has 1 aliphatic rings. The second-order valence-electron chi connectivity index (χ2n) is 5.89. The quantitative estimate of drug-likeness (QED) is 0.841. The Bertz CT molecular complexity index is 605. The molecule has 0 aliphatic carbocycles.